The van der Waals surface area contributed by atoms with Crippen molar-refractivity contribution >= 4 is 40.8 Å². The van der Waals surface area contributed by atoms with Gasteiger partial charge in [-0.25, -0.2) is 4.79 Å². The molecule has 0 saturated carbocycles. The number of rotatable bonds is 8. The molecule has 0 aliphatic rings. The summed E-state index contributed by atoms with van der Waals surface area (Å²) >= 11 is 18.1. The maximum Gasteiger partial charge on any atom is 0.352 e. The summed E-state index contributed by atoms with van der Waals surface area (Å²) in [6.45, 7) is 2.05. The Balaban J connectivity index is 1.74. The molecule has 3 rings (SSSR count). The largest absolute Gasteiger partial charge is 0.479 e. The normalized spacial score (nSPS) is 11.7. The summed E-state index contributed by atoms with van der Waals surface area (Å²) in [4.78, 5) is 12.8. The van der Waals surface area contributed by atoms with Gasteiger partial charge in [-0.3, -0.25) is 0 Å². The van der Waals surface area contributed by atoms with E-state index in [1.54, 1.807) is 0 Å². The van der Waals surface area contributed by atoms with Crippen LogP contribution >= 0.6 is 34.8 Å². The lowest BCUT2D eigenvalue weighted by Gasteiger charge is -2.18. The Kier molecular flexibility index (Phi) is 8.03. The third-order valence-corrected chi connectivity index (χ3v) is 5.53. The predicted molar refractivity (Wildman–Crippen MR) is 123 cm³/mol. The standard InChI is InChI=1S/C24H21Cl3O3/c1-2-3-9-22(24(28)30-23-15-20(26)19(25)14-21(23)27)29-18-12-10-17(11-13-18)16-7-5-4-6-8-16/h4-8,10-15,22H,2-3,9H2,1H3. The van der Waals surface area contributed by atoms with E-state index in [9.17, 15) is 4.79 Å². The quantitative estimate of drug-likeness (QED) is 0.194. The number of hydrogen-bond acceptors (Lipinski definition) is 3. The van der Waals surface area contributed by atoms with Crippen LogP contribution in [-0.2, 0) is 4.79 Å². The predicted octanol–water partition coefficient (Wildman–Crippen LogP) is 7.86. The maximum absolute atomic E-state index is 12.8. The van der Waals surface area contributed by atoms with Crippen molar-refractivity contribution in [3.8, 4) is 22.6 Å². The topological polar surface area (TPSA) is 35.5 Å². The zero-order chi connectivity index (χ0) is 21.5. The Labute approximate surface area is 191 Å². The van der Waals surface area contributed by atoms with Gasteiger partial charge in [0.05, 0.1) is 15.1 Å². The first-order chi connectivity index (χ1) is 14.5. The van der Waals surface area contributed by atoms with Crippen molar-refractivity contribution in [3.63, 3.8) is 0 Å². The van der Waals surface area contributed by atoms with Gasteiger partial charge in [0.15, 0.2) is 11.9 Å². The van der Waals surface area contributed by atoms with Crippen LogP contribution in [0, 0.1) is 0 Å². The number of carbonyl (C=O) groups excluding carboxylic acids is 1. The molecule has 1 unspecified atom stereocenters. The van der Waals surface area contributed by atoms with Gasteiger partial charge in [-0.05, 0) is 42.2 Å². The smallest absolute Gasteiger partial charge is 0.352 e. The van der Waals surface area contributed by atoms with Crippen LogP contribution in [0.4, 0.5) is 0 Å². The zero-order valence-corrected chi connectivity index (χ0v) is 18.7. The highest BCUT2D eigenvalue weighted by atomic mass is 35.5. The van der Waals surface area contributed by atoms with E-state index in [2.05, 4.69) is 0 Å². The third kappa shape index (κ3) is 5.91. The molecule has 3 nitrogen and oxygen atoms in total. The summed E-state index contributed by atoms with van der Waals surface area (Å²) in [5.41, 5.74) is 2.18. The second-order valence-corrected chi connectivity index (χ2v) is 7.98. The second kappa shape index (κ2) is 10.7. The number of benzene rings is 3. The van der Waals surface area contributed by atoms with Crippen molar-refractivity contribution in [1.29, 1.82) is 0 Å². The average Bonchev–Trinajstić information content (AvgIpc) is 2.76. The van der Waals surface area contributed by atoms with Gasteiger partial charge in [0.1, 0.15) is 5.75 Å². The average molecular weight is 464 g/mol. The van der Waals surface area contributed by atoms with E-state index in [-0.39, 0.29) is 15.8 Å². The molecule has 0 fully saturated rings. The molecule has 0 bridgehead atoms. The number of halogens is 3. The van der Waals surface area contributed by atoms with E-state index in [1.165, 1.54) is 12.1 Å². The second-order valence-electron chi connectivity index (χ2n) is 6.76. The Morgan fingerprint density at radius 1 is 0.867 bits per heavy atom. The molecule has 1 atom stereocenters. The lowest BCUT2D eigenvalue weighted by Crippen LogP contribution is -2.31. The summed E-state index contributed by atoms with van der Waals surface area (Å²) in [5.74, 6) is 0.212. The van der Waals surface area contributed by atoms with E-state index in [0.717, 1.165) is 24.0 Å². The monoisotopic (exact) mass is 462 g/mol. The molecule has 0 aromatic heterocycles. The SMILES string of the molecule is CCCCC(Oc1ccc(-c2ccccc2)cc1)C(=O)Oc1cc(Cl)c(Cl)cc1Cl. The van der Waals surface area contributed by atoms with Crippen molar-refractivity contribution in [2.45, 2.75) is 32.3 Å². The van der Waals surface area contributed by atoms with Gasteiger partial charge in [0.25, 0.3) is 0 Å². The molecule has 0 radical (unpaired) electrons. The lowest BCUT2D eigenvalue weighted by atomic mass is 10.1. The van der Waals surface area contributed by atoms with Crippen molar-refractivity contribution < 1.29 is 14.3 Å². The van der Waals surface area contributed by atoms with E-state index >= 15 is 0 Å². The van der Waals surface area contributed by atoms with Gasteiger partial charge < -0.3 is 9.47 Å². The number of esters is 1. The first kappa shape index (κ1) is 22.5. The van der Waals surface area contributed by atoms with Gasteiger partial charge in [0.2, 0.25) is 0 Å². The highest BCUT2D eigenvalue weighted by molar-refractivity contribution is 6.43. The fourth-order valence-corrected chi connectivity index (χ4v) is 3.47. The summed E-state index contributed by atoms with van der Waals surface area (Å²) in [7, 11) is 0. The number of ether oxygens (including phenoxy) is 2. The molecule has 0 amide bonds. The van der Waals surface area contributed by atoms with Crippen LogP contribution in [0.2, 0.25) is 15.1 Å². The van der Waals surface area contributed by atoms with Crippen LogP contribution in [0.1, 0.15) is 26.2 Å². The fourth-order valence-electron chi connectivity index (χ4n) is 2.89. The molecular formula is C24H21Cl3O3. The zero-order valence-electron chi connectivity index (χ0n) is 16.4. The van der Waals surface area contributed by atoms with Crippen LogP contribution in [0.3, 0.4) is 0 Å². The highest BCUT2D eigenvalue weighted by Gasteiger charge is 2.24. The van der Waals surface area contributed by atoms with Gasteiger partial charge in [0, 0.05) is 6.07 Å². The first-order valence-corrected chi connectivity index (χ1v) is 10.8. The molecule has 156 valence electrons. The number of unbranched alkanes of at least 4 members (excludes halogenated alkanes) is 1. The summed E-state index contributed by atoms with van der Waals surface area (Å²) in [5, 5.41) is 0.754. The lowest BCUT2D eigenvalue weighted by molar-refractivity contribution is -0.142. The van der Waals surface area contributed by atoms with E-state index in [4.69, 9.17) is 44.3 Å². The molecule has 0 aliphatic heterocycles. The minimum Gasteiger partial charge on any atom is -0.479 e. The Bertz CT molecular complexity index is 989. The Morgan fingerprint density at radius 2 is 1.50 bits per heavy atom. The molecule has 0 spiro atoms. The van der Waals surface area contributed by atoms with Crippen LogP contribution in [0.5, 0.6) is 11.5 Å². The first-order valence-electron chi connectivity index (χ1n) is 9.66. The minimum absolute atomic E-state index is 0.153. The van der Waals surface area contributed by atoms with Gasteiger partial charge in [-0.2, -0.15) is 0 Å². The fraction of sp³-hybridized carbons (Fsp3) is 0.208. The van der Waals surface area contributed by atoms with Crippen LogP contribution < -0.4 is 9.47 Å². The Morgan fingerprint density at radius 3 is 2.17 bits per heavy atom. The summed E-state index contributed by atoms with van der Waals surface area (Å²) < 4.78 is 11.4. The minimum atomic E-state index is -0.766. The molecule has 0 aliphatic carbocycles. The van der Waals surface area contributed by atoms with Crippen LogP contribution in [-0.4, -0.2) is 12.1 Å². The van der Waals surface area contributed by atoms with Gasteiger partial charge in [-0.15, -0.1) is 0 Å². The molecule has 3 aromatic carbocycles. The highest BCUT2D eigenvalue weighted by Crippen LogP contribution is 2.34. The molecule has 0 N–H and O–H groups in total. The van der Waals surface area contributed by atoms with Crippen molar-refractivity contribution in [3.05, 3.63) is 81.8 Å². The molecule has 0 heterocycles. The molecule has 3 aromatic rings. The molecule has 6 heteroatoms. The molecule has 30 heavy (non-hydrogen) atoms. The molecule has 0 saturated heterocycles. The van der Waals surface area contributed by atoms with Crippen molar-refractivity contribution in [1.82, 2.24) is 0 Å². The van der Waals surface area contributed by atoms with Gasteiger partial charge in [-0.1, -0.05) is 90.6 Å². The van der Waals surface area contributed by atoms with E-state index in [1.807, 2.05) is 61.5 Å². The van der Waals surface area contributed by atoms with Crippen molar-refractivity contribution in [2.75, 3.05) is 0 Å². The summed E-state index contributed by atoms with van der Waals surface area (Å²) in [6, 6.07) is 20.5. The van der Waals surface area contributed by atoms with E-state index < -0.39 is 12.1 Å². The number of carbonyl (C=O) groups is 1. The van der Waals surface area contributed by atoms with Crippen molar-refractivity contribution in [2.24, 2.45) is 0 Å². The molecular weight excluding hydrogens is 443 g/mol. The number of hydrogen-bond donors (Lipinski definition) is 0. The summed E-state index contributed by atoms with van der Waals surface area (Å²) in [6.07, 6.45) is 1.50. The van der Waals surface area contributed by atoms with Crippen LogP contribution in [0.25, 0.3) is 11.1 Å². The van der Waals surface area contributed by atoms with Crippen LogP contribution in [0.15, 0.2) is 66.7 Å². The third-order valence-electron chi connectivity index (χ3n) is 4.51. The maximum atomic E-state index is 12.8. The van der Waals surface area contributed by atoms with Gasteiger partial charge >= 0.3 is 5.97 Å². The van der Waals surface area contributed by atoms with E-state index in [0.29, 0.717) is 17.2 Å². The Hall–Kier alpha value is -2.20.